The standard InChI is InChI=1S/C20H41N3O2/c1-17(2)15-22(16-18(3)4)10-8-9-21-11-13-23(14-12-21)19(24)25-20(5,6)7/h17-18H,8-16H2,1-7H3. The lowest BCUT2D eigenvalue weighted by Crippen LogP contribution is -2.50. The topological polar surface area (TPSA) is 36.0 Å². The molecular formula is C20H41N3O2. The molecule has 0 aromatic rings. The van der Waals surface area contributed by atoms with Gasteiger partial charge in [0.2, 0.25) is 0 Å². The van der Waals surface area contributed by atoms with Crippen LogP contribution in [-0.4, -0.2) is 78.8 Å². The number of carbonyl (C=O) groups is 1. The number of carbonyl (C=O) groups excluding carboxylic acids is 1. The van der Waals surface area contributed by atoms with Crippen molar-refractivity contribution in [2.45, 2.75) is 60.5 Å². The molecule has 0 radical (unpaired) electrons. The lowest BCUT2D eigenvalue weighted by atomic mass is 10.1. The SMILES string of the molecule is CC(C)CN(CCCN1CCN(C(=O)OC(C)(C)C)CC1)CC(C)C. The fourth-order valence-corrected chi connectivity index (χ4v) is 3.29. The quantitative estimate of drug-likeness (QED) is 0.667. The zero-order valence-electron chi connectivity index (χ0n) is 17.7. The van der Waals surface area contributed by atoms with Gasteiger partial charge in [-0.15, -0.1) is 0 Å². The van der Waals surface area contributed by atoms with E-state index in [1.165, 1.54) is 26.1 Å². The molecule has 0 aromatic heterocycles. The van der Waals surface area contributed by atoms with E-state index in [-0.39, 0.29) is 6.09 Å². The summed E-state index contributed by atoms with van der Waals surface area (Å²) in [6, 6.07) is 0. The van der Waals surface area contributed by atoms with E-state index in [0.29, 0.717) is 0 Å². The van der Waals surface area contributed by atoms with Crippen molar-refractivity contribution in [2.24, 2.45) is 11.8 Å². The molecule has 1 aliphatic heterocycles. The van der Waals surface area contributed by atoms with Gasteiger partial charge in [-0.05, 0) is 52.1 Å². The first-order chi connectivity index (χ1) is 11.6. The Morgan fingerprint density at radius 2 is 1.52 bits per heavy atom. The van der Waals surface area contributed by atoms with Crippen LogP contribution in [0.15, 0.2) is 0 Å². The third-order valence-electron chi connectivity index (χ3n) is 4.22. The molecule has 1 amide bonds. The van der Waals surface area contributed by atoms with Crippen LogP contribution in [0.3, 0.4) is 0 Å². The molecule has 1 fully saturated rings. The highest BCUT2D eigenvalue weighted by molar-refractivity contribution is 5.68. The predicted octanol–water partition coefficient (Wildman–Crippen LogP) is 3.54. The van der Waals surface area contributed by atoms with Crippen LogP contribution >= 0.6 is 0 Å². The van der Waals surface area contributed by atoms with Crippen molar-refractivity contribution >= 4 is 6.09 Å². The Bertz CT molecular complexity index is 373. The van der Waals surface area contributed by atoms with Gasteiger partial charge in [-0.25, -0.2) is 4.79 Å². The maximum absolute atomic E-state index is 12.1. The summed E-state index contributed by atoms with van der Waals surface area (Å²) in [5, 5.41) is 0. The summed E-state index contributed by atoms with van der Waals surface area (Å²) in [6.07, 6.45) is 1.03. The Morgan fingerprint density at radius 3 is 1.96 bits per heavy atom. The monoisotopic (exact) mass is 355 g/mol. The molecular weight excluding hydrogens is 314 g/mol. The molecule has 0 aliphatic carbocycles. The van der Waals surface area contributed by atoms with Gasteiger partial charge in [0.1, 0.15) is 5.60 Å². The van der Waals surface area contributed by atoms with Crippen LogP contribution < -0.4 is 0 Å². The maximum atomic E-state index is 12.1. The zero-order valence-corrected chi connectivity index (χ0v) is 17.7. The summed E-state index contributed by atoms with van der Waals surface area (Å²) < 4.78 is 5.46. The molecule has 0 N–H and O–H groups in total. The van der Waals surface area contributed by atoms with Gasteiger partial charge in [0.05, 0.1) is 0 Å². The second-order valence-corrected chi connectivity index (χ2v) is 9.21. The molecule has 1 rings (SSSR count). The lowest BCUT2D eigenvalue weighted by Gasteiger charge is -2.36. The van der Waals surface area contributed by atoms with Crippen LogP contribution in [0.1, 0.15) is 54.9 Å². The van der Waals surface area contributed by atoms with Gasteiger partial charge < -0.3 is 14.5 Å². The van der Waals surface area contributed by atoms with E-state index < -0.39 is 5.60 Å². The summed E-state index contributed by atoms with van der Waals surface area (Å²) in [6.45, 7) is 23.0. The minimum Gasteiger partial charge on any atom is -0.444 e. The van der Waals surface area contributed by atoms with E-state index in [1.54, 1.807) is 0 Å². The first-order valence-electron chi connectivity index (χ1n) is 9.99. The highest BCUT2D eigenvalue weighted by Crippen LogP contribution is 2.12. The summed E-state index contributed by atoms with van der Waals surface area (Å²) in [5.74, 6) is 1.44. The van der Waals surface area contributed by atoms with Gasteiger partial charge in [-0.1, -0.05) is 27.7 Å². The van der Waals surface area contributed by atoms with E-state index in [9.17, 15) is 4.79 Å². The highest BCUT2D eigenvalue weighted by Gasteiger charge is 2.25. The van der Waals surface area contributed by atoms with Gasteiger partial charge >= 0.3 is 6.09 Å². The highest BCUT2D eigenvalue weighted by atomic mass is 16.6. The Kier molecular flexibility index (Phi) is 9.22. The molecule has 25 heavy (non-hydrogen) atoms. The minimum absolute atomic E-state index is 0.174. The normalized spacial score (nSPS) is 17.0. The van der Waals surface area contributed by atoms with Gasteiger partial charge in [0.25, 0.3) is 0 Å². The van der Waals surface area contributed by atoms with Gasteiger partial charge in [-0.2, -0.15) is 0 Å². The molecule has 0 aromatic carbocycles. The average molecular weight is 356 g/mol. The van der Waals surface area contributed by atoms with Crippen molar-refractivity contribution in [3.63, 3.8) is 0 Å². The average Bonchev–Trinajstić information content (AvgIpc) is 2.44. The van der Waals surface area contributed by atoms with Crippen LogP contribution in [-0.2, 0) is 4.74 Å². The van der Waals surface area contributed by atoms with Crippen LogP contribution in [0.2, 0.25) is 0 Å². The molecule has 0 unspecified atom stereocenters. The number of amides is 1. The number of piperazine rings is 1. The minimum atomic E-state index is -0.412. The van der Waals surface area contributed by atoms with Crippen molar-refractivity contribution in [2.75, 3.05) is 52.4 Å². The smallest absolute Gasteiger partial charge is 0.410 e. The third kappa shape index (κ3) is 10.0. The number of hydrogen-bond acceptors (Lipinski definition) is 4. The maximum Gasteiger partial charge on any atom is 0.410 e. The number of nitrogens with zero attached hydrogens (tertiary/aromatic N) is 3. The Labute approximate surface area is 155 Å². The van der Waals surface area contributed by atoms with Crippen LogP contribution in [0, 0.1) is 11.8 Å². The molecule has 0 bridgehead atoms. The summed E-state index contributed by atoms with van der Waals surface area (Å²) in [5.41, 5.74) is -0.412. The summed E-state index contributed by atoms with van der Waals surface area (Å²) in [4.78, 5) is 19.0. The molecule has 148 valence electrons. The Balaban J connectivity index is 2.28. The molecule has 5 nitrogen and oxygen atoms in total. The van der Waals surface area contributed by atoms with Crippen molar-refractivity contribution in [3.05, 3.63) is 0 Å². The first-order valence-corrected chi connectivity index (χ1v) is 9.99. The van der Waals surface area contributed by atoms with E-state index in [0.717, 1.165) is 44.6 Å². The fourth-order valence-electron chi connectivity index (χ4n) is 3.29. The molecule has 0 spiro atoms. The molecule has 0 saturated carbocycles. The molecule has 1 aliphatic rings. The number of rotatable bonds is 8. The van der Waals surface area contributed by atoms with E-state index in [2.05, 4.69) is 37.5 Å². The van der Waals surface area contributed by atoms with Crippen molar-refractivity contribution in [3.8, 4) is 0 Å². The molecule has 1 heterocycles. The Hall–Kier alpha value is -0.810. The summed E-state index contributed by atoms with van der Waals surface area (Å²) in [7, 11) is 0. The van der Waals surface area contributed by atoms with Crippen LogP contribution in [0.25, 0.3) is 0 Å². The third-order valence-corrected chi connectivity index (χ3v) is 4.22. The lowest BCUT2D eigenvalue weighted by molar-refractivity contribution is 0.0142. The van der Waals surface area contributed by atoms with Crippen LogP contribution in [0.4, 0.5) is 4.79 Å². The van der Waals surface area contributed by atoms with E-state index >= 15 is 0 Å². The van der Waals surface area contributed by atoms with Gasteiger partial charge in [-0.3, -0.25) is 4.90 Å². The number of hydrogen-bond donors (Lipinski definition) is 0. The second kappa shape index (κ2) is 10.4. The van der Waals surface area contributed by atoms with Crippen molar-refractivity contribution < 1.29 is 9.53 Å². The van der Waals surface area contributed by atoms with Crippen molar-refractivity contribution in [1.29, 1.82) is 0 Å². The predicted molar refractivity (Wildman–Crippen MR) is 105 cm³/mol. The summed E-state index contributed by atoms with van der Waals surface area (Å²) >= 11 is 0. The Morgan fingerprint density at radius 1 is 1.00 bits per heavy atom. The van der Waals surface area contributed by atoms with Gasteiger partial charge in [0, 0.05) is 39.3 Å². The molecule has 0 atom stereocenters. The zero-order chi connectivity index (χ0) is 19.0. The fraction of sp³-hybridized carbons (Fsp3) is 0.950. The molecule has 5 heteroatoms. The van der Waals surface area contributed by atoms with E-state index in [4.69, 9.17) is 4.74 Å². The van der Waals surface area contributed by atoms with Crippen LogP contribution in [0.5, 0.6) is 0 Å². The first kappa shape index (κ1) is 22.2. The largest absolute Gasteiger partial charge is 0.444 e. The second-order valence-electron chi connectivity index (χ2n) is 9.21. The molecule has 1 saturated heterocycles. The van der Waals surface area contributed by atoms with Crippen molar-refractivity contribution in [1.82, 2.24) is 14.7 Å². The van der Waals surface area contributed by atoms with E-state index in [1.807, 2.05) is 25.7 Å². The van der Waals surface area contributed by atoms with Gasteiger partial charge in [0.15, 0.2) is 0 Å². The number of ether oxygens (including phenoxy) is 1.